The standard InChI is InChI=1S/C25H24FN5O7/c1-10-8-30-15-12(7-25(17(30)11(2)37-10)21(34)27-23(36)28-22(25)35)6-13-16(14(15)26)38-29-19(13)31-9-24(4-3-5-24)18(32)20(31)33/h6,10-11,17H,3-5,7-9H2,1-2H3,(H2,27,28,34,35,36)/t10-,11+,17-/m1/s1. The van der Waals surface area contributed by atoms with Crippen LogP contribution < -0.4 is 20.4 Å². The van der Waals surface area contributed by atoms with Crippen LogP contribution in [0.1, 0.15) is 38.7 Å². The SMILES string of the molecule is C[C@@H]1CN2c3c(cc4c(N5CC6(CCC6)C(=O)C5=O)noc4c3F)CC3(C(=O)NC(=O)NC3=O)[C@H]2[C@H](C)O1. The zero-order valence-electron chi connectivity index (χ0n) is 20.6. The number of urea groups is 1. The van der Waals surface area contributed by atoms with Crippen molar-refractivity contribution in [2.45, 2.75) is 57.8 Å². The smallest absolute Gasteiger partial charge is 0.328 e. The molecule has 12 nitrogen and oxygen atoms in total. The van der Waals surface area contributed by atoms with E-state index in [1.165, 1.54) is 4.90 Å². The van der Waals surface area contributed by atoms with Crippen LogP contribution >= 0.6 is 0 Å². The summed E-state index contributed by atoms with van der Waals surface area (Å²) in [5.74, 6) is -3.50. The Bertz CT molecular complexity index is 1480. The van der Waals surface area contributed by atoms with Gasteiger partial charge in [0, 0.05) is 19.5 Å². The molecule has 13 heteroatoms. The van der Waals surface area contributed by atoms with Crippen molar-refractivity contribution >= 4 is 52.0 Å². The van der Waals surface area contributed by atoms with Gasteiger partial charge in [0.25, 0.3) is 5.91 Å². The number of barbiturate groups is 1. The Labute approximate surface area is 214 Å². The van der Waals surface area contributed by atoms with E-state index >= 15 is 4.39 Å². The number of carbonyl (C=O) groups is 5. The fourth-order valence-corrected chi connectivity index (χ4v) is 7.09. The maximum atomic E-state index is 16.2. The lowest BCUT2D eigenvalue weighted by molar-refractivity contribution is -0.153. The Hall–Kier alpha value is -3.87. The average molecular weight is 525 g/mol. The van der Waals surface area contributed by atoms with Gasteiger partial charge in [-0.05, 0) is 38.3 Å². The van der Waals surface area contributed by atoms with Crippen molar-refractivity contribution in [3.8, 4) is 0 Å². The maximum absolute atomic E-state index is 16.2. The number of nitrogens with zero attached hydrogens (tertiary/aromatic N) is 3. The third kappa shape index (κ3) is 2.71. The molecule has 5 amide bonds. The summed E-state index contributed by atoms with van der Waals surface area (Å²) in [6.07, 6.45) is 0.810. The van der Waals surface area contributed by atoms with Gasteiger partial charge in [0.15, 0.2) is 17.1 Å². The quantitative estimate of drug-likeness (QED) is 0.409. The molecular formula is C25H24FN5O7. The fourth-order valence-electron chi connectivity index (χ4n) is 7.09. The molecule has 2 N–H and O–H groups in total. The zero-order valence-corrected chi connectivity index (χ0v) is 20.6. The van der Waals surface area contributed by atoms with E-state index in [2.05, 4.69) is 15.8 Å². The maximum Gasteiger partial charge on any atom is 0.328 e. The largest absolute Gasteiger partial charge is 0.372 e. The Morgan fingerprint density at radius 1 is 1.11 bits per heavy atom. The highest BCUT2D eigenvalue weighted by molar-refractivity contribution is 6.46. The lowest BCUT2D eigenvalue weighted by Gasteiger charge is -2.55. The molecule has 3 atom stereocenters. The van der Waals surface area contributed by atoms with E-state index in [1.807, 2.05) is 0 Å². The number of imide groups is 2. The molecule has 5 aliphatic rings. The number of hydrogen-bond acceptors (Lipinski definition) is 9. The van der Waals surface area contributed by atoms with Gasteiger partial charge in [-0.25, -0.2) is 9.18 Å². The molecule has 4 fully saturated rings. The Kier molecular flexibility index (Phi) is 4.51. The van der Waals surface area contributed by atoms with Crippen molar-refractivity contribution < 1.29 is 37.6 Å². The molecule has 4 aliphatic heterocycles. The number of nitrogens with one attached hydrogen (secondary N) is 2. The molecule has 0 unspecified atom stereocenters. The van der Waals surface area contributed by atoms with E-state index in [0.717, 1.165) is 6.42 Å². The Balaban J connectivity index is 1.41. The van der Waals surface area contributed by atoms with E-state index in [0.29, 0.717) is 18.4 Å². The van der Waals surface area contributed by atoms with Crippen LogP contribution in [0.2, 0.25) is 0 Å². The average Bonchev–Trinajstić information content (AvgIpc) is 3.35. The minimum atomic E-state index is -1.78. The third-order valence-corrected chi connectivity index (χ3v) is 8.89. The van der Waals surface area contributed by atoms with E-state index < -0.39 is 58.3 Å². The van der Waals surface area contributed by atoms with Crippen LogP contribution in [0, 0.1) is 16.6 Å². The summed E-state index contributed by atoms with van der Waals surface area (Å²) in [6.45, 7) is 3.81. The van der Waals surface area contributed by atoms with Gasteiger partial charge >= 0.3 is 6.03 Å². The van der Waals surface area contributed by atoms with Crippen LogP contribution in [-0.2, 0) is 30.3 Å². The number of ketones is 1. The van der Waals surface area contributed by atoms with Gasteiger partial charge < -0.3 is 14.2 Å². The second-order valence-corrected chi connectivity index (χ2v) is 11.1. The summed E-state index contributed by atoms with van der Waals surface area (Å²) in [4.78, 5) is 67.1. The van der Waals surface area contributed by atoms with Gasteiger partial charge in [-0.3, -0.25) is 34.7 Å². The van der Waals surface area contributed by atoms with Crippen LogP contribution in [0.3, 0.4) is 0 Å². The van der Waals surface area contributed by atoms with Crippen molar-refractivity contribution in [3.63, 3.8) is 0 Å². The number of benzene rings is 1. The third-order valence-electron chi connectivity index (χ3n) is 8.89. The molecule has 0 radical (unpaired) electrons. The van der Waals surface area contributed by atoms with Gasteiger partial charge in [0.05, 0.1) is 34.7 Å². The van der Waals surface area contributed by atoms with Gasteiger partial charge in [0.1, 0.15) is 0 Å². The molecule has 2 aromatic rings. The first-order chi connectivity index (χ1) is 18.1. The van der Waals surface area contributed by atoms with E-state index in [4.69, 9.17) is 9.26 Å². The summed E-state index contributed by atoms with van der Waals surface area (Å²) >= 11 is 0. The molecule has 38 heavy (non-hydrogen) atoms. The van der Waals surface area contributed by atoms with E-state index in [9.17, 15) is 24.0 Å². The Morgan fingerprint density at radius 3 is 2.45 bits per heavy atom. The molecule has 1 saturated carbocycles. The van der Waals surface area contributed by atoms with Crippen LogP contribution in [-0.4, -0.2) is 66.0 Å². The fraction of sp³-hybridized carbons (Fsp3) is 0.520. The zero-order chi connectivity index (χ0) is 26.7. The normalized spacial score (nSPS) is 29.4. The molecule has 198 valence electrons. The molecule has 1 aliphatic carbocycles. The highest BCUT2D eigenvalue weighted by Crippen LogP contribution is 2.51. The number of hydrogen-bond donors (Lipinski definition) is 2. The van der Waals surface area contributed by atoms with Crippen molar-refractivity contribution in [2.75, 3.05) is 22.9 Å². The van der Waals surface area contributed by atoms with Crippen molar-refractivity contribution in [2.24, 2.45) is 10.8 Å². The predicted molar refractivity (Wildman–Crippen MR) is 127 cm³/mol. The number of Topliss-reactive ketones (excluding diaryl/α,β-unsaturated/α-hetero) is 1. The molecule has 3 saturated heterocycles. The predicted octanol–water partition coefficient (Wildman–Crippen LogP) is 0.944. The summed E-state index contributed by atoms with van der Waals surface area (Å²) in [5, 5.41) is 8.54. The first-order valence-corrected chi connectivity index (χ1v) is 12.6. The molecular weight excluding hydrogens is 501 g/mol. The molecule has 5 heterocycles. The van der Waals surface area contributed by atoms with Crippen molar-refractivity contribution in [3.05, 3.63) is 17.4 Å². The second kappa shape index (κ2) is 7.37. The lowest BCUT2D eigenvalue weighted by Crippen LogP contribution is -2.75. The number of anilines is 2. The van der Waals surface area contributed by atoms with Gasteiger partial charge in [0.2, 0.25) is 23.2 Å². The summed E-state index contributed by atoms with van der Waals surface area (Å²) < 4.78 is 27.6. The minimum absolute atomic E-state index is 0.0245. The van der Waals surface area contributed by atoms with Crippen LogP contribution in [0.25, 0.3) is 11.0 Å². The minimum Gasteiger partial charge on any atom is -0.372 e. The van der Waals surface area contributed by atoms with Gasteiger partial charge in [-0.2, -0.15) is 0 Å². The molecule has 1 aromatic heterocycles. The van der Waals surface area contributed by atoms with Crippen LogP contribution in [0.5, 0.6) is 0 Å². The number of ether oxygens (including phenoxy) is 1. The van der Waals surface area contributed by atoms with E-state index in [-0.39, 0.29) is 48.1 Å². The number of morpholine rings is 1. The lowest BCUT2D eigenvalue weighted by atomic mass is 9.66. The topological polar surface area (TPSA) is 151 Å². The molecule has 0 bridgehead atoms. The second-order valence-electron chi connectivity index (χ2n) is 11.1. The summed E-state index contributed by atoms with van der Waals surface area (Å²) in [7, 11) is 0. The molecule has 7 rings (SSSR count). The molecule has 2 spiro atoms. The van der Waals surface area contributed by atoms with Crippen LogP contribution in [0.4, 0.5) is 20.7 Å². The highest BCUT2D eigenvalue weighted by atomic mass is 19.1. The van der Waals surface area contributed by atoms with Gasteiger partial charge in [-0.15, -0.1) is 0 Å². The van der Waals surface area contributed by atoms with Crippen molar-refractivity contribution in [1.29, 1.82) is 0 Å². The Morgan fingerprint density at radius 2 is 1.82 bits per heavy atom. The number of aromatic nitrogens is 1. The summed E-state index contributed by atoms with van der Waals surface area (Å²) in [5.41, 5.74) is -2.25. The summed E-state index contributed by atoms with van der Waals surface area (Å²) in [6, 6.07) is -0.279. The number of carbonyl (C=O) groups excluding carboxylic acids is 5. The number of fused-ring (bicyclic) bond motifs is 5. The van der Waals surface area contributed by atoms with Crippen LogP contribution in [0.15, 0.2) is 10.6 Å². The number of halogens is 1. The first kappa shape index (κ1) is 23.3. The first-order valence-electron chi connectivity index (χ1n) is 12.6. The number of rotatable bonds is 1. The monoisotopic (exact) mass is 525 g/mol. The molecule has 1 aromatic carbocycles. The highest BCUT2D eigenvalue weighted by Gasteiger charge is 2.63. The van der Waals surface area contributed by atoms with Crippen molar-refractivity contribution in [1.82, 2.24) is 15.8 Å². The van der Waals surface area contributed by atoms with E-state index in [1.54, 1.807) is 24.8 Å². The number of amides is 5. The van der Waals surface area contributed by atoms with Gasteiger partial charge in [-0.1, -0.05) is 11.6 Å².